The smallest absolute Gasteiger partial charge is 0.322 e. The minimum atomic E-state index is -1.49. The summed E-state index contributed by atoms with van der Waals surface area (Å²) in [6.45, 7) is 2.25. The zero-order chi connectivity index (χ0) is 20.1. The Morgan fingerprint density at radius 1 is 1.29 bits per heavy atom. The second-order valence-corrected chi connectivity index (χ2v) is 8.06. The number of likely N-dealkylation sites (N-methyl/N-ethyl adjacent to an activating group) is 1. The first-order valence-corrected chi connectivity index (χ1v) is 10.1. The lowest BCUT2D eigenvalue weighted by atomic mass is 9.74. The van der Waals surface area contributed by atoms with Crippen LogP contribution in [0.4, 0.5) is 5.69 Å². The molecule has 1 saturated heterocycles. The Balaban J connectivity index is 1.88. The van der Waals surface area contributed by atoms with E-state index in [0.29, 0.717) is 11.3 Å². The van der Waals surface area contributed by atoms with Gasteiger partial charge in [-0.05, 0) is 38.0 Å². The van der Waals surface area contributed by atoms with Gasteiger partial charge >= 0.3 is 5.97 Å². The first-order chi connectivity index (χ1) is 13.4. The molecule has 0 aromatic heterocycles. The Kier molecular flexibility index (Phi) is 4.53. The van der Waals surface area contributed by atoms with E-state index in [4.69, 9.17) is 15.2 Å². The van der Waals surface area contributed by atoms with Gasteiger partial charge in [-0.15, -0.1) is 0 Å². The Labute approximate surface area is 165 Å². The molecule has 3 aliphatic rings. The van der Waals surface area contributed by atoms with Crippen molar-refractivity contribution in [2.45, 2.75) is 56.1 Å². The van der Waals surface area contributed by atoms with Crippen molar-refractivity contribution in [1.29, 1.82) is 0 Å². The number of nitrogens with two attached hydrogens (primary N) is 1. The number of carbonyl (C=O) groups is 2. The molecule has 1 saturated carbocycles. The highest BCUT2D eigenvalue weighted by atomic mass is 16.5. The first kappa shape index (κ1) is 19.1. The molecule has 7 nitrogen and oxygen atoms in total. The number of rotatable bonds is 4. The maximum atomic E-state index is 13.7. The van der Waals surface area contributed by atoms with Crippen molar-refractivity contribution in [1.82, 2.24) is 4.90 Å². The van der Waals surface area contributed by atoms with Crippen LogP contribution < -0.4 is 15.4 Å². The largest absolute Gasteiger partial charge is 0.497 e. The quantitative estimate of drug-likeness (QED) is 0.793. The van der Waals surface area contributed by atoms with Gasteiger partial charge in [-0.3, -0.25) is 15.3 Å². The molecule has 1 amide bonds. The molecule has 2 atom stereocenters. The van der Waals surface area contributed by atoms with Crippen molar-refractivity contribution in [2.75, 3.05) is 32.2 Å². The number of fused-ring (bicyclic) bond motifs is 3. The number of ether oxygens (including phenoxy) is 2. The fourth-order valence-corrected chi connectivity index (χ4v) is 5.31. The number of hydrogen-bond donors (Lipinski definition) is 1. The van der Waals surface area contributed by atoms with E-state index >= 15 is 0 Å². The SMILES string of the molecule is CCOC(=O)C12CN(C3CCCCC3)C(=O)C1(N)N(C)c1ccc(OC)cc12. The van der Waals surface area contributed by atoms with Crippen molar-refractivity contribution in [3.05, 3.63) is 23.8 Å². The number of amides is 1. The summed E-state index contributed by atoms with van der Waals surface area (Å²) in [4.78, 5) is 30.7. The van der Waals surface area contributed by atoms with Crippen molar-refractivity contribution in [2.24, 2.45) is 5.73 Å². The van der Waals surface area contributed by atoms with Gasteiger partial charge in [0.15, 0.2) is 11.1 Å². The summed E-state index contributed by atoms with van der Waals surface area (Å²) in [6, 6.07) is 5.64. The van der Waals surface area contributed by atoms with Crippen LogP contribution in [-0.4, -0.2) is 55.8 Å². The molecule has 28 heavy (non-hydrogen) atoms. The second kappa shape index (κ2) is 6.65. The van der Waals surface area contributed by atoms with Crippen LogP contribution in [0.2, 0.25) is 0 Å². The third kappa shape index (κ3) is 2.25. The third-order valence-electron chi connectivity index (χ3n) is 6.84. The van der Waals surface area contributed by atoms with Crippen LogP contribution in [0.1, 0.15) is 44.6 Å². The summed E-state index contributed by atoms with van der Waals surface area (Å²) in [5.74, 6) is -0.00299. The fraction of sp³-hybridized carbons (Fsp3) is 0.619. The van der Waals surface area contributed by atoms with E-state index in [1.54, 1.807) is 26.0 Å². The maximum Gasteiger partial charge on any atom is 0.322 e. The van der Waals surface area contributed by atoms with Gasteiger partial charge in [0.1, 0.15) is 5.75 Å². The first-order valence-electron chi connectivity index (χ1n) is 10.1. The second-order valence-electron chi connectivity index (χ2n) is 8.06. The predicted octanol–water partition coefficient (Wildman–Crippen LogP) is 1.78. The standard InChI is InChI=1S/C21H29N3O4/c1-4-28-19(26)20-13-24(14-8-6-5-7-9-14)18(25)21(20,22)23(2)17-11-10-15(27-3)12-16(17)20/h10-12,14H,4-9,13,22H2,1-3H3. The molecule has 152 valence electrons. The molecule has 7 heteroatoms. The predicted molar refractivity (Wildman–Crippen MR) is 105 cm³/mol. The van der Waals surface area contributed by atoms with Gasteiger partial charge < -0.3 is 19.3 Å². The molecular formula is C21H29N3O4. The number of benzene rings is 1. The van der Waals surface area contributed by atoms with E-state index in [2.05, 4.69) is 0 Å². The minimum Gasteiger partial charge on any atom is -0.497 e. The molecule has 2 N–H and O–H groups in total. The van der Waals surface area contributed by atoms with E-state index in [9.17, 15) is 9.59 Å². The zero-order valence-electron chi connectivity index (χ0n) is 16.9. The molecule has 2 unspecified atom stereocenters. The number of methoxy groups -OCH3 is 1. The van der Waals surface area contributed by atoms with Gasteiger partial charge in [-0.1, -0.05) is 19.3 Å². The van der Waals surface area contributed by atoms with E-state index in [1.807, 2.05) is 23.1 Å². The summed E-state index contributed by atoms with van der Waals surface area (Å²) >= 11 is 0. The van der Waals surface area contributed by atoms with Crippen LogP contribution in [-0.2, 0) is 19.7 Å². The summed E-state index contributed by atoms with van der Waals surface area (Å²) in [6.07, 6.45) is 5.29. The highest BCUT2D eigenvalue weighted by molar-refractivity contribution is 6.08. The number of anilines is 1. The Morgan fingerprint density at radius 2 is 2.00 bits per heavy atom. The molecule has 1 aromatic rings. The van der Waals surface area contributed by atoms with Gasteiger partial charge in [-0.2, -0.15) is 0 Å². The van der Waals surface area contributed by atoms with Gasteiger partial charge in [0, 0.05) is 30.9 Å². The molecule has 4 rings (SSSR count). The molecular weight excluding hydrogens is 358 g/mol. The van der Waals surface area contributed by atoms with Crippen LogP contribution in [0, 0.1) is 0 Å². The summed E-state index contributed by atoms with van der Waals surface area (Å²) < 4.78 is 10.9. The number of hydrogen-bond acceptors (Lipinski definition) is 6. The number of likely N-dealkylation sites (tertiary alicyclic amines) is 1. The lowest BCUT2D eigenvalue weighted by molar-refractivity contribution is -0.152. The van der Waals surface area contributed by atoms with Crippen LogP contribution in [0.5, 0.6) is 5.75 Å². The van der Waals surface area contributed by atoms with Crippen molar-refractivity contribution in [3.8, 4) is 5.75 Å². The topological polar surface area (TPSA) is 85.1 Å². The lowest BCUT2D eigenvalue weighted by Crippen LogP contribution is -2.68. The molecule has 1 aliphatic carbocycles. The van der Waals surface area contributed by atoms with E-state index in [0.717, 1.165) is 31.4 Å². The maximum absolute atomic E-state index is 13.7. The third-order valence-corrected chi connectivity index (χ3v) is 6.84. The minimum absolute atomic E-state index is 0.126. The van der Waals surface area contributed by atoms with Crippen LogP contribution in [0.3, 0.4) is 0 Å². The molecule has 0 radical (unpaired) electrons. The molecule has 2 aliphatic heterocycles. The summed E-state index contributed by atoms with van der Waals surface area (Å²) in [5.41, 5.74) is 5.57. The van der Waals surface area contributed by atoms with Crippen LogP contribution in [0.25, 0.3) is 0 Å². The number of nitrogens with zero attached hydrogens (tertiary/aromatic N) is 2. The normalized spacial score (nSPS) is 29.6. The highest BCUT2D eigenvalue weighted by Crippen LogP contribution is 2.55. The Bertz CT molecular complexity index is 807. The average Bonchev–Trinajstić information content (AvgIpc) is 3.08. The molecule has 1 aromatic carbocycles. The Morgan fingerprint density at radius 3 is 2.64 bits per heavy atom. The molecule has 0 bridgehead atoms. The van der Waals surface area contributed by atoms with E-state index < -0.39 is 17.0 Å². The van der Waals surface area contributed by atoms with E-state index in [-0.39, 0.29) is 25.1 Å². The monoisotopic (exact) mass is 387 g/mol. The molecule has 2 fully saturated rings. The van der Waals surface area contributed by atoms with Gasteiger partial charge in [0.2, 0.25) is 0 Å². The van der Waals surface area contributed by atoms with Crippen LogP contribution >= 0.6 is 0 Å². The molecule has 0 spiro atoms. The fourth-order valence-electron chi connectivity index (χ4n) is 5.31. The van der Waals surface area contributed by atoms with E-state index in [1.165, 1.54) is 6.42 Å². The van der Waals surface area contributed by atoms with Crippen LogP contribution in [0.15, 0.2) is 18.2 Å². The van der Waals surface area contributed by atoms with Crippen molar-refractivity contribution >= 4 is 17.6 Å². The Hall–Kier alpha value is -2.28. The summed E-state index contributed by atoms with van der Waals surface area (Å²) in [7, 11) is 3.37. The lowest BCUT2D eigenvalue weighted by Gasteiger charge is -2.37. The van der Waals surface area contributed by atoms with Crippen molar-refractivity contribution in [3.63, 3.8) is 0 Å². The summed E-state index contributed by atoms with van der Waals surface area (Å²) in [5, 5.41) is 0. The number of carbonyl (C=O) groups excluding carboxylic acids is 2. The van der Waals surface area contributed by atoms with Gasteiger partial charge in [0.25, 0.3) is 5.91 Å². The van der Waals surface area contributed by atoms with Gasteiger partial charge in [0.05, 0.1) is 13.7 Å². The molecule has 2 heterocycles. The highest BCUT2D eigenvalue weighted by Gasteiger charge is 2.74. The van der Waals surface area contributed by atoms with Crippen molar-refractivity contribution < 1.29 is 19.1 Å². The zero-order valence-corrected chi connectivity index (χ0v) is 16.9. The average molecular weight is 387 g/mol. The van der Waals surface area contributed by atoms with Gasteiger partial charge in [-0.25, -0.2) is 0 Å². The number of esters is 1.